The Labute approximate surface area is 60.7 Å². The quantitative estimate of drug-likeness (QED) is 0.535. The molecule has 2 heteroatoms. The molecule has 0 spiro atoms. The zero-order valence-corrected chi connectivity index (χ0v) is 5.85. The first kappa shape index (κ1) is 8.56. The molecule has 1 N–H and O–H groups in total. The van der Waals surface area contributed by atoms with Crippen molar-refractivity contribution in [3.8, 4) is 0 Å². The van der Waals surface area contributed by atoms with E-state index >= 15 is 0 Å². The van der Waals surface area contributed by atoms with E-state index in [1.54, 1.807) is 0 Å². The minimum absolute atomic E-state index is 0.0463. The summed E-state index contributed by atoms with van der Waals surface area (Å²) < 4.78 is 0. The van der Waals surface area contributed by atoms with Gasteiger partial charge in [-0.1, -0.05) is 0 Å². The van der Waals surface area contributed by atoms with Gasteiger partial charge in [-0.3, -0.25) is 0 Å². The van der Waals surface area contributed by atoms with Crippen LogP contribution in [0.3, 0.4) is 0 Å². The molecule has 1 nitrogen and oxygen atoms in total. The topological polar surface area (TPSA) is 20.2 Å². The van der Waals surface area contributed by atoms with Gasteiger partial charge >= 0.3 is 60.2 Å². The van der Waals surface area contributed by atoms with E-state index in [2.05, 4.69) is 6.92 Å². The van der Waals surface area contributed by atoms with Gasteiger partial charge in [0.1, 0.15) is 0 Å². The van der Waals surface area contributed by atoms with E-state index in [0.717, 1.165) is 17.9 Å². The summed E-state index contributed by atoms with van der Waals surface area (Å²) in [6.45, 7) is 2.14. The molecule has 1 unspecified atom stereocenters. The van der Waals surface area contributed by atoms with E-state index in [0.29, 0.717) is 0 Å². The molecule has 0 aliphatic heterocycles. The number of aliphatic hydroxyl groups is 1. The molecule has 0 rings (SSSR count). The molecule has 0 heterocycles. The number of hydrogen-bond donors (Lipinski definition) is 1. The van der Waals surface area contributed by atoms with E-state index in [1.807, 2.05) is 17.7 Å². The van der Waals surface area contributed by atoms with Crippen LogP contribution in [0, 0.1) is 0 Å². The van der Waals surface area contributed by atoms with Crippen molar-refractivity contribution >= 4 is 17.7 Å². The third kappa shape index (κ3) is 4.71. The molecular formula is C6H13LiO. The van der Waals surface area contributed by atoms with E-state index < -0.39 is 0 Å². The van der Waals surface area contributed by atoms with Gasteiger partial charge < -0.3 is 0 Å². The summed E-state index contributed by atoms with van der Waals surface area (Å²) in [4.78, 5) is 0. The van der Waals surface area contributed by atoms with Crippen molar-refractivity contribution in [2.24, 2.45) is 0 Å². The van der Waals surface area contributed by atoms with Gasteiger partial charge in [-0.2, -0.15) is 0 Å². The predicted molar refractivity (Wildman–Crippen MR) is 36.1 cm³/mol. The van der Waals surface area contributed by atoms with E-state index in [-0.39, 0.29) is 6.10 Å². The van der Waals surface area contributed by atoms with Crippen molar-refractivity contribution in [2.45, 2.75) is 37.4 Å². The summed E-state index contributed by atoms with van der Waals surface area (Å²) in [5.41, 5.74) is 0. The van der Waals surface area contributed by atoms with Crippen LogP contribution in [-0.4, -0.2) is 28.9 Å². The maximum absolute atomic E-state index is 8.99. The van der Waals surface area contributed by atoms with Gasteiger partial charge in [-0.05, 0) is 0 Å². The Bertz CT molecular complexity index is 47.8. The second-order valence-electron chi connectivity index (χ2n) is 2.20. The Morgan fingerprint density at radius 2 is 2.25 bits per heavy atom. The molecule has 0 bridgehead atoms. The Kier molecular flexibility index (Phi) is 6.09. The summed E-state index contributed by atoms with van der Waals surface area (Å²) in [6, 6.07) is 0. The van der Waals surface area contributed by atoms with E-state index in [1.165, 1.54) is 6.42 Å². The molecule has 0 saturated heterocycles. The standard InChI is InChI=1S/C6H13O.Li/c1-3-4-5-6(2)7;/h6-7H,2-5H2,1H3;. The van der Waals surface area contributed by atoms with Gasteiger partial charge in [-0.15, -0.1) is 0 Å². The molecule has 0 aromatic heterocycles. The van der Waals surface area contributed by atoms with Crippen LogP contribution in [0.1, 0.15) is 26.2 Å². The van der Waals surface area contributed by atoms with Crippen molar-refractivity contribution in [2.75, 3.05) is 0 Å². The van der Waals surface area contributed by atoms with Crippen LogP contribution >= 0.6 is 0 Å². The number of unbranched alkanes of at least 4 members (excludes halogenated alkanes) is 1. The van der Waals surface area contributed by atoms with Crippen molar-refractivity contribution in [1.82, 2.24) is 0 Å². The van der Waals surface area contributed by atoms with Crippen LogP contribution in [-0.2, 0) is 0 Å². The average molecular weight is 108 g/mol. The molecule has 0 amide bonds. The third-order valence-electron chi connectivity index (χ3n) is 1.36. The Morgan fingerprint density at radius 1 is 1.62 bits per heavy atom. The van der Waals surface area contributed by atoms with Crippen LogP contribution < -0.4 is 0 Å². The number of rotatable bonds is 4. The second-order valence-corrected chi connectivity index (χ2v) is 2.20. The monoisotopic (exact) mass is 108 g/mol. The van der Waals surface area contributed by atoms with Crippen LogP contribution in [0.15, 0.2) is 0 Å². The maximum atomic E-state index is 8.99. The van der Waals surface area contributed by atoms with Crippen LogP contribution in [0.2, 0.25) is 5.09 Å². The van der Waals surface area contributed by atoms with Crippen LogP contribution in [0.25, 0.3) is 0 Å². The first-order valence-electron chi connectivity index (χ1n) is 3.49. The van der Waals surface area contributed by atoms with Crippen molar-refractivity contribution in [3.63, 3.8) is 0 Å². The molecule has 0 aromatic rings. The molecule has 1 atom stereocenters. The molecule has 0 aliphatic carbocycles. The van der Waals surface area contributed by atoms with Crippen LogP contribution in [0.4, 0.5) is 0 Å². The van der Waals surface area contributed by atoms with Crippen molar-refractivity contribution < 1.29 is 5.11 Å². The summed E-state index contributed by atoms with van der Waals surface area (Å²) in [6.07, 6.45) is 3.29. The minimum atomic E-state index is -0.0463. The fourth-order valence-electron chi connectivity index (χ4n) is 0.644. The van der Waals surface area contributed by atoms with Gasteiger partial charge in [0.15, 0.2) is 0 Å². The predicted octanol–water partition coefficient (Wildman–Crippen LogP) is 1.12. The summed E-state index contributed by atoms with van der Waals surface area (Å²) >= 11 is 2.01. The Morgan fingerprint density at radius 3 is 2.62 bits per heavy atom. The third-order valence-corrected chi connectivity index (χ3v) is 1.36. The average Bonchev–Trinajstić information content (AvgIpc) is 1.83. The van der Waals surface area contributed by atoms with Crippen LogP contribution in [0.5, 0.6) is 0 Å². The molecule has 0 radical (unpaired) electrons. The fraction of sp³-hybridized carbons (Fsp3) is 1.00. The van der Waals surface area contributed by atoms with Crippen molar-refractivity contribution in [1.29, 1.82) is 0 Å². The van der Waals surface area contributed by atoms with Gasteiger partial charge in [0.2, 0.25) is 0 Å². The summed E-state index contributed by atoms with van der Waals surface area (Å²) in [5.74, 6) is 0. The second kappa shape index (κ2) is 5.69. The Balaban J connectivity index is 2.86. The first-order valence-corrected chi connectivity index (χ1v) is 3.49. The van der Waals surface area contributed by atoms with Gasteiger partial charge in [0.05, 0.1) is 0 Å². The SMILES string of the molecule is [Li][CH2]C(O)CCCC. The molecule has 0 saturated carbocycles. The first-order chi connectivity index (χ1) is 3.81. The van der Waals surface area contributed by atoms with Crippen molar-refractivity contribution in [3.05, 3.63) is 0 Å². The zero-order valence-electron chi connectivity index (χ0n) is 5.85. The number of hydrogen-bond acceptors (Lipinski definition) is 1. The molecule has 8 heavy (non-hydrogen) atoms. The number of aliphatic hydroxyl groups excluding tert-OH is 1. The normalized spacial score (nSPS) is 14.0. The molecule has 0 aromatic carbocycles. The van der Waals surface area contributed by atoms with Gasteiger partial charge in [0, 0.05) is 0 Å². The van der Waals surface area contributed by atoms with E-state index in [4.69, 9.17) is 5.11 Å². The van der Waals surface area contributed by atoms with Gasteiger partial charge in [-0.25, -0.2) is 0 Å². The van der Waals surface area contributed by atoms with E-state index in [9.17, 15) is 0 Å². The zero-order chi connectivity index (χ0) is 6.41. The Hall–Kier alpha value is 0.557. The summed E-state index contributed by atoms with van der Waals surface area (Å²) in [7, 11) is 0. The van der Waals surface area contributed by atoms with Gasteiger partial charge in [0.25, 0.3) is 0 Å². The summed E-state index contributed by atoms with van der Waals surface area (Å²) in [5, 5.41) is 9.89. The molecule has 0 fully saturated rings. The molecular weight excluding hydrogens is 95.0 g/mol. The molecule has 0 aliphatic rings. The fourth-order valence-corrected chi connectivity index (χ4v) is 0.644. The molecule has 44 valence electrons.